The molecular weight excluding hydrogens is 270 g/mol. The molecule has 0 fully saturated rings. The molecule has 0 spiro atoms. The second-order valence-corrected chi connectivity index (χ2v) is 5.26. The maximum atomic E-state index is 6.24. The highest BCUT2D eigenvalue weighted by Crippen LogP contribution is 2.21. The molecule has 2 aromatic rings. The number of nitrogens with zero attached hydrogens (tertiary/aromatic N) is 2. The fraction of sp³-hybridized carbons (Fsp3) is 0.312. The Hall–Kier alpha value is -1.74. The Labute approximate surface area is 125 Å². The lowest BCUT2D eigenvalue weighted by molar-refractivity contribution is 0.884. The number of pyridine rings is 1. The quantitative estimate of drug-likeness (QED) is 0.898. The summed E-state index contributed by atoms with van der Waals surface area (Å²) in [6.45, 7) is 5.67. The fourth-order valence-corrected chi connectivity index (χ4v) is 2.22. The first-order chi connectivity index (χ1) is 9.60. The van der Waals surface area contributed by atoms with Gasteiger partial charge in [-0.3, -0.25) is 0 Å². The molecule has 106 valence electrons. The van der Waals surface area contributed by atoms with Gasteiger partial charge in [0.1, 0.15) is 5.82 Å². The van der Waals surface area contributed by atoms with Crippen LogP contribution in [0.3, 0.4) is 0 Å². The highest BCUT2D eigenvalue weighted by atomic mass is 35.5. The standard InChI is InChI=1S/C16H20ClN3/c1-4-18-16-9-8-14(17)15(19-16)11-20(3)13-7-5-6-12(2)10-13/h5-10H,4,11H2,1-3H3,(H,18,19). The van der Waals surface area contributed by atoms with E-state index < -0.39 is 0 Å². The fourth-order valence-electron chi connectivity index (χ4n) is 2.06. The van der Waals surface area contributed by atoms with E-state index in [-0.39, 0.29) is 0 Å². The predicted octanol–water partition coefficient (Wildman–Crippen LogP) is 4.11. The average molecular weight is 290 g/mol. The molecule has 0 aliphatic rings. The minimum atomic E-state index is 0.682. The van der Waals surface area contributed by atoms with Gasteiger partial charge < -0.3 is 10.2 Å². The molecule has 0 aliphatic heterocycles. The summed E-state index contributed by atoms with van der Waals surface area (Å²) in [6, 6.07) is 12.2. The van der Waals surface area contributed by atoms with Gasteiger partial charge in [-0.25, -0.2) is 4.98 Å². The second-order valence-electron chi connectivity index (χ2n) is 4.85. The number of rotatable bonds is 5. The molecule has 4 heteroatoms. The van der Waals surface area contributed by atoms with E-state index in [1.807, 2.05) is 19.2 Å². The Kier molecular flexibility index (Phi) is 4.85. The van der Waals surface area contributed by atoms with Crippen molar-refractivity contribution in [3.63, 3.8) is 0 Å². The van der Waals surface area contributed by atoms with E-state index in [1.54, 1.807) is 0 Å². The van der Waals surface area contributed by atoms with Gasteiger partial charge in [-0.2, -0.15) is 0 Å². The van der Waals surface area contributed by atoms with Crippen LogP contribution in [0.1, 0.15) is 18.2 Å². The first-order valence-corrected chi connectivity index (χ1v) is 7.15. The minimum absolute atomic E-state index is 0.682. The maximum absolute atomic E-state index is 6.24. The number of hydrogen-bond donors (Lipinski definition) is 1. The monoisotopic (exact) mass is 289 g/mol. The Balaban J connectivity index is 2.18. The smallest absolute Gasteiger partial charge is 0.126 e. The van der Waals surface area contributed by atoms with Crippen LogP contribution in [-0.4, -0.2) is 18.6 Å². The molecule has 0 aliphatic carbocycles. The van der Waals surface area contributed by atoms with Crippen molar-refractivity contribution < 1.29 is 0 Å². The number of anilines is 2. The van der Waals surface area contributed by atoms with Crippen LogP contribution in [0.4, 0.5) is 11.5 Å². The van der Waals surface area contributed by atoms with Crippen molar-refractivity contribution in [1.82, 2.24) is 4.98 Å². The van der Waals surface area contributed by atoms with Gasteiger partial charge in [0.25, 0.3) is 0 Å². The summed E-state index contributed by atoms with van der Waals surface area (Å²) >= 11 is 6.24. The Morgan fingerprint density at radius 2 is 2.05 bits per heavy atom. The molecule has 0 atom stereocenters. The molecule has 1 heterocycles. The van der Waals surface area contributed by atoms with Crippen LogP contribution < -0.4 is 10.2 Å². The molecule has 20 heavy (non-hydrogen) atoms. The van der Waals surface area contributed by atoms with E-state index in [2.05, 4.69) is 53.3 Å². The van der Waals surface area contributed by atoms with Crippen molar-refractivity contribution in [3.05, 3.63) is 52.7 Å². The first-order valence-electron chi connectivity index (χ1n) is 6.77. The number of aryl methyl sites for hydroxylation is 1. The summed E-state index contributed by atoms with van der Waals surface area (Å²) in [6.07, 6.45) is 0. The lowest BCUT2D eigenvalue weighted by Gasteiger charge is -2.20. The highest BCUT2D eigenvalue weighted by Gasteiger charge is 2.08. The topological polar surface area (TPSA) is 28.2 Å². The van der Waals surface area contributed by atoms with E-state index in [4.69, 9.17) is 11.6 Å². The van der Waals surface area contributed by atoms with Crippen LogP contribution in [0.5, 0.6) is 0 Å². The van der Waals surface area contributed by atoms with Crippen LogP contribution in [0.2, 0.25) is 5.02 Å². The number of benzene rings is 1. The van der Waals surface area contributed by atoms with Gasteiger partial charge in [0.15, 0.2) is 0 Å². The molecule has 0 amide bonds. The third-order valence-corrected chi connectivity index (χ3v) is 3.45. The number of halogens is 1. The van der Waals surface area contributed by atoms with Gasteiger partial charge in [-0.15, -0.1) is 0 Å². The van der Waals surface area contributed by atoms with Crippen molar-refractivity contribution in [2.24, 2.45) is 0 Å². The summed E-state index contributed by atoms with van der Waals surface area (Å²) < 4.78 is 0. The van der Waals surface area contributed by atoms with E-state index >= 15 is 0 Å². The Morgan fingerprint density at radius 3 is 2.75 bits per heavy atom. The number of nitrogens with one attached hydrogen (secondary N) is 1. The summed E-state index contributed by atoms with van der Waals surface area (Å²) in [7, 11) is 2.05. The van der Waals surface area contributed by atoms with Crippen LogP contribution in [0, 0.1) is 6.92 Å². The maximum Gasteiger partial charge on any atom is 0.126 e. The second kappa shape index (κ2) is 6.62. The van der Waals surface area contributed by atoms with Crippen LogP contribution in [0.15, 0.2) is 36.4 Å². The molecule has 2 rings (SSSR count). The van der Waals surface area contributed by atoms with Crippen molar-refractivity contribution in [1.29, 1.82) is 0 Å². The molecule has 1 N–H and O–H groups in total. The van der Waals surface area contributed by atoms with Gasteiger partial charge in [0.05, 0.1) is 17.3 Å². The summed E-state index contributed by atoms with van der Waals surface area (Å²) in [5.41, 5.74) is 3.29. The number of aromatic nitrogens is 1. The molecule has 3 nitrogen and oxygen atoms in total. The minimum Gasteiger partial charge on any atom is -0.370 e. The Morgan fingerprint density at radius 1 is 1.25 bits per heavy atom. The lowest BCUT2D eigenvalue weighted by Crippen LogP contribution is -2.18. The summed E-state index contributed by atoms with van der Waals surface area (Å²) in [5, 5.41) is 3.91. The van der Waals surface area contributed by atoms with Gasteiger partial charge in [0, 0.05) is 19.3 Å². The van der Waals surface area contributed by atoms with E-state index in [1.165, 1.54) is 5.56 Å². The zero-order valence-electron chi connectivity index (χ0n) is 12.2. The lowest BCUT2D eigenvalue weighted by atomic mass is 10.2. The van der Waals surface area contributed by atoms with Crippen molar-refractivity contribution in [3.8, 4) is 0 Å². The molecule has 1 aromatic heterocycles. The first kappa shape index (κ1) is 14.7. The molecule has 0 saturated carbocycles. The average Bonchev–Trinajstić information content (AvgIpc) is 2.43. The molecule has 0 unspecified atom stereocenters. The van der Waals surface area contributed by atoms with Crippen molar-refractivity contribution in [2.75, 3.05) is 23.8 Å². The van der Waals surface area contributed by atoms with Gasteiger partial charge in [0.2, 0.25) is 0 Å². The highest BCUT2D eigenvalue weighted by molar-refractivity contribution is 6.31. The zero-order valence-corrected chi connectivity index (χ0v) is 12.9. The van der Waals surface area contributed by atoms with E-state index in [9.17, 15) is 0 Å². The third kappa shape index (κ3) is 3.64. The third-order valence-electron chi connectivity index (χ3n) is 3.11. The van der Waals surface area contributed by atoms with Gasteiger partial charge in [-0.05, 0) is 43.7 Å². The van der Waals surface area contributed by atoms with E-state index in [0.29, 0.717) is 11.6 Å². The zero-order chi connectivity index (χ0) is 14.5. The largest absolute Gasteiger partial charge is 0.370 e. The van der Waals surface area contributed by atoms with Gasteiger partial charge in [-0.1, -0.05) is 23.7 Å². The normalized spacial score (nSPS) is 10.4. The summed E-state index contributed by atoms with van der Waals surface area (Å²) in [4.78, 5) is 6.71. The molecular formula is C16H20ClN3. The van der Waals surface area contributed by atoms with Crippen LogP contribution in [-0.2, 0) is 6.54 Å². The SMILES string of the molecule is CCNc1ccc(Cl)c(CN(C)c2cccc(C)c2)n1. The van der Waals surface area contributed by atoms with Crippen LogP contribution >= 0.6 is 11.6 Å². The van der Waals surface area contributed by atoms with Gasteiger partial charge >= 0.3 is 0 Å². The Bertz CT molecular complexity index is 584. The molecule has 0 radical (unpaired) electrons. The predicted molar refractivity (Wildman–Crippen MR) is 86.7 cm³/mol. The van der Waals surface area contributed by atoms with Crippen molar-refractivity contribution >= 4 is 23.1 Å². The van der Waals surface area contributed by atoms with E-state index in [0.717, 1.165) is 23.7 Å². The number of hydrogen-bond acceptors (Lipinski definition) is 3. The van der Waals surface area contributed by atoms with Crippen LogP contribution in [0.25, 0.3) is 0 Å². The van der Waals surface area contributed by atoms with Crippen molar-refractivity contribution in [2.45, 2.75) is 20.4 Å². The molecule has 1 aromatic carbocycles. The summed E-state index contributed by atoms with van der Waals surface area (Å²) in [5.74, 6) is 0.865. The molecule has 0 bridgehead atoms. The molecule has 0 saturated heterocycles.